The molecule has 9 atom stereocenters. The van der Waals surface area contributed by atoms with Crippen LogP contribution in [0, 0.1) is 41.4 Å². The first-order valence-electron chi connectivity index (χ1n) is 12.0. The van der Waals surface area contributed by atoms with E-state index < -0.39 is 17.9 Å². The lowest BCUT2D eigenvalue weighted by molar-refractivity contribution is -0.171. The number of carbonyl (C=O) groups excluding carboxylic acids is 3. The summed E-state index contributed by atoms with van der Waals surface area (Å²) in [6, 6.07) is 0. The Morgan fingerprint density at radius 2 is 1.87 bits per heavy atom. The second kappa shape index (κ2) is 7.73. The van der Waals surface area contributed by atoms with Crippen LogP contribution in [-0.2, 0) is 33.3 Å². The molecule has 0 N–H and O–H groups in total. The lowest BCUT2D eigenvalue weighted by atomic mass is 9.78. The van der Waals surface area contributed by atoms with Crippen LogP contribution >= 0.6 is 0 Å². The van der Waals surface area contributed by atoms with Gasteiger partial charge in [0, 0.05) is 31.5 Å². The van der Waals surface area contributed by atoms with Crippen LogP contribution in [0.15, 0.2) is 0 Å². The van der Waals surface area contributed by atoms with Gasteiger partial charge in [-0.2, -0.15) is 0 Å². The number of ether oxygens (including phenoxy) is 4. The van der Waals surface area contributed by atoms with E-state index in [2.05, 4.69) is 4.90 Å². The standard InChI is InChI=1S/C23H31NO7/c25-21(14-10-12-1-2-13(14)9-12)30-19-15-11-16-18(23(27)31-20(16)19)17(15)22(26)29-8-5-24-3-6-28-7-4-24/h12-20H,1-11H2. The fraction of sp³-hybridized carbons (Fsp3) is 0.870. The Balaban J connectivity index is 1.10. The molecule has 170 valence electrons. The summed E-state index contributed by atoms with van der Waals surface area (Å²) in [7, 11) is 0. The molecule has 0 aromatic heterocycles. The third-order valence-corrected chi connectivity index (χ3v) is 8.87. The van der Waals surface area contributed by atoms with E-state index in [4.69, 9.17) is 18.9 Å². The number of hydrogen-bond acceptors (Lipinski definition) is 8. The van der Waals surface area contributed by atoms with Crippen molar-refractivity contribution in [2.45, 2.75) is 44.3 Å². The summed E-state index contributed by atoms with van der Waals surface area (Å²) in [6.45, 7) is 4.03. The van der Waals surface area contributed by atoms with E-state index in [9.17, 15) is 14.4 Å². The second-order valence-electron chi connectivity index (χ2n) is 10.3. The number of hydrogen-bond donors (Lipinski definition) is 0. The van der Waals surface area contributed by atoms with Gasteiger partial charge in [0.05, 0.1) is 31.0 Å². The number of nitrogens with zero attached hydrogens (tertiary/aromatic N) is 1. The molecule has 4 saturated carbocycles. The molecular formula is C23H31NO7. The third-order valence-electron chi connectivity index (χ3n) is 8.87. The first kappa shape index (κ1) is 20.0. The van der Waals surface area contributed by atoms with Crippen LogP contribution in [0.2, 0.25) is 0 Å². The predicted molar refractivity (Wildman–Crippen MR) is 105 cm³/mol. The highest BCUT2D eigenvalue weighted by Crippen LogP contribution is 2.59. The van der Waals surface area contributed by atoms with Gasteiger partial charge in [-0.15, -0.1) is 0 Å². The van der Waals surface area contributed by atoms with E-state index in [0.717, 1.165) is 32.4 Å². The minimum absolute atomic E-state index is 0.0234. The van der Waals surface area contributed by atoms with Crippen LogP contribution in [0.1, 0.15) is 32.1 Å². The van der Waals surface area contributed by atoms with Crippen molar-refractivity contribution in [1.82, 2.24) is 4.90 Å². The number of fused-ring (bicyclic) bond motifs is 3. The van der Waals surface area contributed by atoms with Crippen molar-refractivity contribution >= 4 is 17.9 Å². The van der Waals surface area contributed by atoms with Gasteiger partial charge in [-0.25, -0.2) is 0 Å². The Hall–Kier alpha value is -1.67. The van der Waals surface area contributed by atoms with E-state index in [1.54, 1.807) is 0 Å². The normalized spacial score (nSPS) is 45.2. The number of carbonyl (C=O) groups is 3. The lowest BCUT2D eigenvalue weighted by Crippen LogP contribution is -2.45. The van der Waals surface area contributed by atoms with Crippen LogP contribution in [0.4, 0.5) is 0 Å². The fourth-order valence-electron chi connectivity index (χ4n) is 7.42. The van der Waals surface area contributed by atoms with Crippen LogP contribution in [0.5, 0.6) is 0 Å². The zero-order valence-electron chi connectivity index (χ0n) is 17.8. The van der Waals surface area contributed by atoms with Gasteiger partial charge in [0.15, 0.2) is 0 Å². The molecule has 2 heterocycles. The molecule has 0 aromatic rings. The van der Waals surface area contributed by atoms with Crippen LogP contribution in [0.25, 0.3) is 0 Å². The van der Waals surface area contributed by atoms with Crippen LogP contribution in [0.3, 0.4) is 0 Å². The highest BCUT2D eigenvalue weighted by molar-refractivity contribution is 5.86. The van der Waals surface area contributed by atoms with E-state index in [1.165, 1.54) is 6.42 Å². The van der Waals surface area contributed by atoms with Crippen molar-refractivity contribution in [2.24, 2.45) is 41.4 Å². The Morgan fingerprint density at radius 1 is 1.03 bits per heavy atom. The predicted octanol–water partition coefficient (Wildman–Crippen LogP) is 1.02. The summed E-state index contributed by atoms with van der Waals surface area (Å²) in [5.74, 6) is -0.955. The molecule has 0 spiro atoms. The zero-order chi connectivity index (χ0) is 21.1. The largest absolute Gasteiger partial charge is 0.464 e. The number of rotatable bonds is 6. The Bertz CT molecular complexity index is 765. The summed E-state index contributed by atoms with van der Waals surface area (Å²) in [5, 5.41) is 0. The molecule has 8 heteroatoms. The molecule has 0 aromatic carbocycles. The third kappa shape index (κ3) is 3.28. The fourth-order valence-corrected chi connectivity index (χ4v) is 7.42. The summed E-state index contributed by atoms with van der Waals surface area (Å²) < 4.78 is 22.6. The summed E-state index contributed by atoms with van der Waals surface area (Å²) >= 11 is 0. The van der Waals surface area contributed by atoms with Gasteiger partial charge in [-0.05, 0) is 37.5 Å². The van der Waals surface area contributed by atoms with Crippen molar-refractivity contribution in [3.05, 3.63) is 0 Å². The van der Waals surface area contributed by atoms with Crippen molar-refractivity contribution in [3.8, 4) is 0 Å². The molecule has 9 unspecified atom stereocenters. The maximum absolute atomic E-state index is 13.0. The van der Waals surface area contributed by atoms with Gasteiger partial charge in [-0.3, -0.25) is 19.3 Å². The molecule has 4 bridgehead atoms. The highest BCUT2D eigenvalue weighted by Gasteiger charge is 2.70. The Labute approximate surface area is 181 Å². The average molecular weight is 434 g/mol. The second-order valence-corrected chi connectivity index (χ2v) is 10.3. The van der Waals surface area contributed by atoms with E-state index in [-0.39, 0.29) is 41.8 Å². The smallest absolute Gasteiger partial charge is 0.310 e. The molecule has 2 aliphatic heterocycles. The van der Waals surface area contributed by atoms with Gasteiger partial charge in [0.2, 0.25) is 0 Å². The molecule has 2 saturated heterocycles. The summed E-state index contributed by atoms with van der Waals surface area (Å²) in [5.41, 5.74) is 0. The first-order chi connectivity index (χ1) is 15.1. The molecule has 0 radical (unpaired) electrons. The molecule has 4 aliphatic carbocycles. The minimum Gasteiger partial charge on any atom is -0.464 e. The lowest BCUT2D eigenvalue weighted by Gasteiger charge is -2.32. The van der Waals surface area contributed by atoms with E-state index >= 15 is 0 Å². The Kier molecular flexibility index (Phi) is 4.98. The number of morpholine rings is 1. The quantitative estimate of drug-likeness (QED) is 0.453. The molecule has 6 aliphatic rings. The molecule has 6 rings (SSSR count). The molecular weight excluding hydrogens is 402 g/mol. The van der Waals surface area contributed by atoms with E-state index in [0.29, 0.717) is 44.6 Å². The molecule has 0 amide bonds. The van der Waals surface area contributed by atoms with Crippen molar-refractivity contribution in [2.75, 3.05) is 39.5 Å². The van der Waals surface area contributed by atoms with Crippen molar-refractivity contribution in [3.63, 3.8) is 0 Å². The van der Waals surface area contributed by atoms with Gasteiger partial charge in [0.1, 0.15) is 18.8 Å². The van der Waals surface area contributed by atoms with Gasteiger partial charge in [0.25, 0.3) is 0 Å². The van der Waals surface area contributed by atoms with Gasteiger partial charge in [-0.1, -0.05) is 6.42 Å². The van der Waals surface area contributed by atoms with Gasteiger partial charge >= 0.3 is 17.9 Å². The first-order valence-corrected chi connectivity index (χ1v) is 12.0. The average Bonchev–Trinajstić information content (AvgIpc) is 3.57. The zero-order valence-corrected chi connectivity index (χ0v) is 17.8. The van der Waals surface area contributed by atoms with Crippen LogP contribution < -0.4 is 0 Å². The monoisotopic (exact) mass is 433 g/mol. The van der Waals surface area contributed by atoms with Crippen molar-refractivity contribution in [1.29, 1.82) is 0 Å². The van der Waals surface area contributed by atoms with E-state index in [1.807, 2.05) is 0 Å². The summed E-state index contributed by atoms with van der Waals surface area (Å²) in [4.78, 5) is 40.7. The molecule has 6 fully saturated rings. The maximum atomic E-state index is 13.0. The number of esters is 3. The van der Waals surface area contributed by atoms with Gasteiger partial charge < -0.3 is 18.9 Å². The summed E-state index contributed by atoms with van der Waals surface area (Å²) in [6.07, 6.45) is 4.19. The Morgan fingerprint density at radius 3 is 2.61 bits per heavy atom. The van der Waals surface area contributed by atoms with Crippen molar-refractivity contribution < 1.29 is 33.3 Å². The molecule has 8 nitrogen and oxygen atoms in total. The SMILES string of the molecule is O=C(OC1C2CC3C1OC(=O)C3C2C(=O)OCCN1CCOCC1)C1CC2CCC1C2. The maximum Gasteiger partial charge on any atom is 0.310 e. The minimum atomic E-state index is -0.557. The topological polar surface area (TPSA) is 91.4 Å². The highest BCUT2D eigenvalue weighted by atomic mass is 16.6. The molecule has 31 heavy (non-hydrogen) atoms. The van der Waals surface area contributed by atoms with Crippen LogP contribution in [-0.4, -0.2) is 74.5 Å².